The molecule has 2 aromatic carbocycles. The van der Waals surface area contributed by atoms with Crippen molar-refractivity contribution in [3.8, 4) is 0 Å². The van der Waals surface area contributed by atoms with Gasteiger partial charge in [0.1, 0.15) is 0 Å². The van der Waals surface area contributed by atoms with E-state index in [4.69, 9.17) is 11.6 Å². The fourth-order valence-electron chi connectivity index (χ4n) is 3.01. The summed E-state index contributed by atoms with van der Waals surface area (Å²) in [6, 6.07) is 12.4. The molecular formula is C18H16ClN3O4. The minimum Gasteiger partial charge on any atom is -0.272 e. The van der Waals surface area contributed by atoms with Crippen molar-refractivity contribution in [3.05, 3.63) is 74.8 Å². The van der Waals surface area contributed by atoms with Crippen LogP contribution < -0.4 is 10.9 Å². The van der Waals surface area contributed by atoms with Crippen LogP contribution in [-0.2, 0) is 10.2 Å². The van der Waals surface area contributed by atoms with E-state index < -0.39 is 16.2 Å². The first kappa shape index (κ1) is 17.9. The third-order valence-electron chi connectivity index (χ3n) is 4.65. The smallest absolute Gasteiger partial charge is 0.270 e. The number of nitro groups is 1. The first-order valence-corrected chi connectivity index (χ1v) is 8.41. The van der Waals surface area contributed by atoms with Crippen LogP contribution in [0, 0.1) is 10.1 Å². The van der Waals surface area contributed by atoms with Crippen LogP contribution in [0.3, 0.4) is 0 Å². The number of nitrogens with one attached hydrogen (secondary N) is 2. The molecule has 2 aromatic rings. The molecule has 8 heteroatoms. The number of halogens is 1. The fourth-order valence-corrected chi connectivity index (χ4v) is 3.14. The summed E-state index contributed by atoms with van der Waals surface area (Å²) in [5.74, 6) is -0.933. The first-order chi connectivity index (χ1) is 12.4. The van der Waals surface area contributed by atoms with Gasteiger partial charge >= 0.3 is 0 Å². The van der Waals surface area contributed by atoms with Crippen molar-refractivity contribution in [1.82, 2.24) is 10.9 Å². The predicted octanol–water partition coefficient (Wildman–Crippen LogP) is 3.13. The number of benzene rings is 2. The van der Waals surface area contributed by atoms with E-state index in [1.54, 1.807) is 12.1 Å². The summed E-state index contributed by atoms with van der Waals surface area (Å²) in [6.45, 7) is 0. The molecule has 0 radical (unpaired) electrons. The van der Waals surface area contributed by atoms with Gasteiger partial charge in [-0.05, 0) is 36.6 Å². The highest BCUT2D eigenvalue weighted by Crippen LogP contribution is 2.44. The molecule has 2 N–H and O–H groups in total. The molecule has 0 saturated heterocycles. The molecule has 1 aliphatic rings. The summed E-state index contributed by atoms with van der Waals surface area (Å²) in [5, 5.41) is 11.4. The largest absolute Gasteiger partial charge is 0.272 e. The predicted molar refractivity (Wildman–Crippen MR) is 95.7 cm³/mol. The topological polar surface area (TPSA) is 101 Å². The molecule has 0 spiro atoms. The average Bonchev–Trinajstić information content (AvgIpc) is 2.60. The van der Waals surface area contributed by atoms with Gasteiger partial charge in [-0.2, -0.15) is 0 Å². The number of nitrogens with zero attached hydrogens (tertiary/aromatic N) is 1. The van der Waals surface area contributed by atoms with E-state index in [0.29, 0.717) is 17.9 Å². The SMILES string of the molecule is O=C(NNC(=O)C1(c2ccc(Cl)cc2)CCC1)c1cccc([N+](=O)[O-])c1. The van der Waals surface area contributed by atoms with Crippen molar-refractivity contribution in [1.29, 1.82) is 0 Å². The van der Waals surface area contributed by atoms with Crippen molar-refractivity contribution in [2.24, 2.45) is 0 Å². The van der Waals surface area contributed by atoms with Crippen LogP contribution in [0.15, 0.2) is 48.5 Å². The van der Waals surface area contributed by atoms with E-state index in [9.17, 15) is 19.7 Å². The standard InChI is InChI=1S/C18H16ClN3O4/c19-14-7-5-13(6-8-14)18(9-2-10-18)17(24)21-20-16(23)12-3-1-4-15(11-12)22(25)26/h1,3-8,11H,2,9-10H2,(H,20,23)(H,21,24). The first-order valence-electron chi connectivity index (χ1n) is 8.04. The molecule has 1 fully saturated rings. The Bertz CT molecular complexity index is 863. The lowest BCUT2D eigenvalue weighted by Gasteiger charge is -2.40. The Kier molecular flexibility index (Phi) is 4.90. The summed E-state index contributed by atoms with van der Waals surface area (Å²) in [5.41, 5.74) is 4.82. The van der Waals surface area contributed by atoms with Gasteiger partial charge < -0.3 is 0 Å². The molecular weight excluding hydrogens is 358 g/mol. The van der Waals surface area contributed by atoms with Crippen molar-refractivity contribution < 1.29 is 14.5 Å². The minimum atomic E-state index is -0.694. The monoisotopic (exact) mass is 373 g/mol. The van der Waals surface area contributed by atoms with E-state index in [2.05, 4.69) is 10.9 Å². The van der Waals surface area contributed by atoms with Crippen LogP contribution in [0.4, 0.5) is 5.69 Å². The number of hydrogen-bond acceptors (Lipinski definition) is 4. The Balaban J connectivity index is 1.69. The minimum absolute atomic E-state index is 0.0913. The molecule has 7 nitrogen and oxygen atoms in total. The van der Waals surface area contributed by atoms with Crippen molar-refractivity contribution in [3.63, 3.8) is 0 Å². The maximum Gasteiger partial charge on any atom is 0.270 e. The normalized spacial score (nSPS) is 14.8. The molecule has 0 atom stereocenters. The molecule has 0 aliphatic heterocycles. The van der Waals surface area contributed by atoms with E-state index in [1.165, 1.54) is 18.2 Å². The third-order valence-corrected chi connectivity index (χ3v) is 4.90. The van der Waals surface area contributed by atoms with Gasteiger partial charge in [0, 0.05) is 22.7 Å². The third kappa shape index (κ3) is 3.39. The van der Waals surface area contributed by atoms with Gasteiger partial charge in [-0.25, -0.2) is 0 Å². The fraction of sp³-hybridized carbons (Fsp3) is 0.222. The molecule has 0 heterocycles. The maximum absolute atomic E-state index is 12.7. The van der Waals surface area contributed by atoms with Gasteiger partial charge in [-0.1, -0.05) is 36.2 Å². The highest BCUT2D eigenvalue weighted by atomic mass is 35.5. The molecule has 0 bridgehead atoms. The number of carbonyl (C=O) groups is 2. The van der Waals surface area contributed by atoms with E-state index in [-0.39, 0.29) is 17.2 Å². The zero-order valence-corrected chi connectivity index (χ0v) is 14.5. The summed E-state index contributed by atoms with van der Waals surface area (Å²) < 4.78 is 0. The van der Waals surface area contributed by atoms with Crippen molar-refractivity contribution >= 4 is 29.1 Å². The van der Waals surface area contributed by atoms with Crippen molar-refractivity contribution in [2.75, 3.05) is 0 Å². The lowest BCUT2D eigenvalue weighted by molar-refractivity contribution is -0.384. The lowest BCUT2D eigenvalue weighted by atomic mass is 9.64. The number of rotatable bonds is 4. The zero-order valence-electron chi connectivity index (χ0n) is 13.7. The Morgan fingerprint density at radius 3 is 2.35 bits per heavy atom. The Morgan fingerprint density at radius 2 is 1.77 bits per heavy atom. The van der Waals surface area contributed by atoms with E-state index in [0.717, 1.165) is 18.1 Å². The van der Waals surface area contributed by atoms with Crippen LogP contribution in [0.2, 0.25) is 5.02 Å². The summed E-state index contributed by atoms with van der Waals surface area (Å²) in [4.78, 5) is 35.1. The Labute approximate surface area is 154 Å². The molecule has 0 unspecified atom stereocenters. The van der Waals surface area contributed by atoms with Crippen molar-refractivity contribution in [2.45, 2.75) is 24.7 Å². The van der Waals surface area contributed by atoms with Crippen LogP contribution >= 0.6 is 11.6 Å². The molecule has 3 rings (SSSR count). The van der Waals surface area contributed by atoms with Gasteiger partial charge in [-0.3, -0.25) is 30.6 Å². The average molecular weight is 374 g/mol. The molecule has 0 aromatic heterocycles. The second kappa shape index (κ2) is 7.13. The number of amides is 2. The molecule has 134 valence electrons. The van der Waals surface area contributed by atoms with Crippen LogP contribution in [0.1, 0.15) is 35.2 Å². The van der Waals surface area contributed by atoms with Gasteiger partial charge in [0.2, 0.25) is 5.91 Å². The molecule has 2 amide bonds. The Morgan fingerprint density at radius 1 is 1.08 bits per heavy atom. The number of hydrazine groups is 1. The second-order valence-corrected chi connectivity index (χ2v) is 6.59. The zero-order chi connectivity index (χ0) is 18.7. The van der Waals surface area contributed by atoms with E-state index >= 15 is 0 Å². The second-order valence-electron chi connectivity index (χ2n) is 6.16. The van der Waals surface area contributed by atoms with Gasteiger partial charge in [0.15, 0.2) is 0 Å². The quantitative estimate of drug-likeness (QED) is 0.635. The highest BCUT2D eigenvalue weighted by molar-refractivity contribution is 6.30. The summed E-state index contributed by atoms with van der Waals surface area (Å²) >= 11 is 5.90. The number of hydrogen-bond donors (Lipinski definition) is 2. The van der Waals surface area contributed by atoms with Crippen LogP contribution in [-0.4, -0.2) is 16.7 Å². The summed E-state index contributed by atoms with van der Waals surface area (Å²) in [7, 11) is 0. The summed E-state index contributed by atoms with van der Waals surface area (Å²) in [6.07, 6.45) is 2.26. The molecule has 1 saturated carbocycles. The molecule has 26 heavy (non-hydrogen) atoms. The van der Waals surface area contributed by atoms with Gasteiger partial charge in [0.05, 0.1) is 10.3 Å². The van der Waals surface area contributed by atoms with Gasteiger partial charge in [-0.15, -0.1) is 0 Å². The maximum atomic E-state index is 12.7. The Hall–Kier alpha value is -2.93. The number of non-ortho nitro benzene ring substituents is 1. The van der Waals surface area contributed by atoms with E-state index in [1.807, 2.05) is 12.1 Å². The van der Waals surface area contributed by atoms with Crippen LogP contribution in [0.25, 0.3) is 0 Å². The lowest BCUT2D eigenvalue weighted by Crippen LogP contribution is -2.54. The highest BCUT2D eigenvalue weighted by Gasteiger charge is 2.45. The number of nitro benzene ring substituents is 1. The number of carbonyl (C=O) groups excluding carboxylic acids is 2. The van der Waals surface area contributed by atoms with Crippen LogP contribution in [0.5, 0.6) is 0 Å². The van der Waals surface area contributed by atoms with Gasteiger partial charge in [0.25, 0.3) is 11.6 Å². The molecule has 1 aliphatic carbocycles.